The van der Waals surface area contributed by atoms with E-state index in [2.05, 4.69) is 10.3 Å². The largest absolute Gasteiger partial charge is 0.494 e. The first-order valence-corrected chi connectivity index (χ1v) is 6.58. The molecule has 1 N–H and O–H groups in total. The molecule has 0 fully saturated rings. The van der Waals surface area contributed by atoms with Crippen LogP contribution < -0.4 is 10.1 Å². The van der Waals surface area contributed by atoms with Crippen LogP contribution in [-0.4, -0.2) is 18.0 Å². The van der Waals surface area contributed by atoms with Crippen molar-refractivity contribution in [3.8, 4) is 5.75 Å². The Balaban J connectivity index is 2.19. The van der Waals surface area contributed by atoms with Gasteiger partial charge >= 0.3 is 0 Å². The van der Waals surface area contributed by atoms with Gasteiger partial charge in [-0.25, -0.2) is 0 Å². The number of benzene rings is 1. The predicted octanol–water partition coefficient (Wildman–Crippen LogP) is 3.33. The number of ether oxygens (including phenoxy) is 1. The van der Waals surface area contributed by atoms with E-state index >= 15 is 0 Å². The van der Waals surface area contributed by atoms with Gasteiger partial charge in [-0.2, -0.15) is 0 Å². The van der Waals surface area contributed by atoms with Crippen LogP contribution in [0.25, 0.3) is 0 Å². The molecule has 0 radical (unpaired) electrons. The topological polar surface area (TPSA) is 51.2 Å². The monoisotopic (exact) mass is 310 g/mol. The first kappa shape index (κ1) is 14.6. The zero-order chi connectivity index (χ0) is 14.5. The molecule has 104 valence electrons. The molecule has 2 rings (SSSR count). The summed E-state index contributed by atoms with van der Waals surface area (Å²) in [6.07, 6.45) is 3.35. The minimum Gasteiger partial charge on any atom is -0.494 e. The first-order chi connectivity index (χ1) is 9.63. The molecule has 0 bridgehead atoms. The molecule has 1 amide bonds. The molecule has 1 aromatic carbocycles. The van der Waals surface area contributed by atoms with Crippen LogP contribution in [-0.2, 0) is 6.54 Å². The number of rotatable bonds is 4. The number of nitrogens with zero attached hydrogens (tertiary/aromatic N) is 1. The fourth-order valence-electron chi connectivity index (χ4n) is 1.72. The molecule has 0 aliphatic rings. The van der Waals surface area contributed by atoms with Crippen molar-refractivity contribution in [2.24, 2.45) is 0 Å². The predicted molar refractivity (Wildman–Crippen MR) is 78.4 cm³/mol. The Kier molecular flexibility index (Phi) is 4.82. The summed E-state index contributed by atoms with van der Waals surface area (Å²) >= 11 is 12.0. The van der Waals surface area contributed by atoms with Gasteiger partial charge in [0.25, 0.3) is 5.91 Å². The minimum absolute atomic E-state index is 0.227. The lowest BCUT2D eigenvalue weighted by atomic mass is 10.1. The molecule has 0 saturated heterocycles. The maximum Gasteiger partial charge on any atom is 0.256 e. The fourth-order valence-corrected chi connectivity index (χ4v) is 2.19. The number of nitrogens with one attached hydrogen (secondary N) is 1. The molecule has 0 atom stereocenters. The highest BCUT2D eigenvalue weighted by atomic mass is 35.5. The molecule has 20 heavy (non-hydrogen) atoms. The summed E-state index contributed by atoms with van der Waals surface area (Å²) in [7, 11) is 1.44. The number of carbonyl (C=O) groups excluding carboxylic acids is 1. The number of methoxy groups -OCH3 is 1. The number of aromatic nitrogens is 1. The molecule has 2 aromatic rings. The summed E-state index contributed by atoms with van der Waals surface area (Å²) in [5.74, 6) is -0.0824. The van der Waals surface area contributed by atoms with Crippen LogP contribution in [0.4, 0.5) is 0 Å². The number of pyridine rings is 1. The van der Waals surface area contributed by atoms with E-state index in [4.69, 9.17) is 27.9 Å². The summed E-state index contributed by atoms with van der Waals surface area (Å²) in [6, 6.07) is 6.81. The van der Waals surface area contributed by atoms with E-state index in [1.165, 1.54) is 7.11 Å². The molecule has 0 unspecified atom stereocenters. The molecule has 6 heteroatoms. The fraction of sp³-hybridized carbons (Fsp3) is 0.143. The normalized spacial score (nSPS) is 10.2. The van der Waals surface area contributed by atoms with Crippen molar-refractivity contribution in [1.82, 2.24) is 10.3 Å². The zero-order valence-electron chi connectivity index (χ0n) is 10.7. The van der Waals surface area contributed by atoms with E-state index in [0.717, 1.165) is 5.56 Å². The molecular weight excluding hydrogens is 299 g/mol. The van der Waals surface area contributed by atoms with Gasteiger partial charge in [-0.05, 0) is 23.8 Å². The smallest absolute Gasteiger partial charge is 0.256 e. The van der Waals surface area contributed by atoms with Gasteiger partial charge in [0, 0.05) is 18.9 Å². The van der Waals surface area contributed by atoms with Gasteiger partial charge in [-0.3, -0.25) is 9.78 Å². The van der Waals surface area contributed by atoms with Crippen LogP contribution in [0.5, 0.6) is 5.75 Å². The Morgan fingerprint density at radius 2 is 2.05 bits per heavy atom. The second-order valence-corrected chi connectivity index (χ2v) is 4.80. The van der Waals surface area contributed by atoms with Crippen LogP contribution in [0.1, 0.15) is 15.9 Å². The molecular formula is C14H12Cl2N2O2. The van der Waals surface area contributed by atoms with E-state index < -0.39 is 0 Å². The van der Waals surface area contributed by atoms with Crippen molar-refractivity contribution in [3.05, 3.63) is 57.8 Å². The Morgan fingerprint density at radius 1 is 1.30 bits per heavy atom. The third-order valence-corrected chi connectivity index (χ3v) is 3.28. The highest BCUT2D eigenvalue weighted by Gasteiger charge is 2.19. The van der Waals surface area contributed by atoms with Crippen LogP contribution in [0.2, 0.25) is 10.0 Å². The van der Waals surface area contributed by atoms with Crippen molar-refractivity contribution in [1.29, 1.82) is 0 Å². The van der Waals surface area contributed by atoms with Gasteiger partial charge in [0.15, 0.2) is 5.75 Å². The highest BCUT2D eigenvalue weighted by Crippen LogP contribution is 2.33. The van der Waals surface area contributed by atoms with Gasteiger partial charge in [-0.1, -0.05) is 29.3 Å². The second-order valence-electron chi connectivity index (χ2n) is 3.98. The van der Waals surface area contributed by atoms with Crippen molar-refractivity contribution in [2.75, 3.05) is 7.11 Å². The van der Waals surface area contributed by atoms with E-state index in [9.17, 15) is 4.79 Å². The Morgan fingerprint density at radius 3 is 2.70 bits per heavy atom. The number of hydrogen-bond donors (Lipinski definition) is 1. The minimum atomic E-state index is -0.349. The quantitative estimate of drug-likeness (QED) is 0.942. The maximum absolute atomic E-state index is 12.2. The van der Waals surface area contributed by atoms with Crippen molar-refractivity contribution >= 4 is 29.1 Å². The summed E-state index contributed by atoms with van der Waals surface area (Å²) in [5.41, 5.74) is 1.11. The lowest BCUT2D eigenvalue weighted by molar-refractivity contribution is 0.0948. The molecule has 0 aliphatic heterocycles. The Bertz CT molecular complexity index is 618. The zero-order valence-corrected chi connectivity index (χ0v) is 12.2. The summed E-state index contributed by atoms with van der Waals surface area (Å²) in [6.45, 7) is 0.346. The lowest BCUT2D eigenvalue weighted by Crippen LogP contribution is -2.23. The molecule has 0 saturated carbocycles. The van der Waals surface area contributed by atoms with Gasteiger partial charge in [0.05, 0.1) is 17.2 Å². The number of hydrogen-bond acceptors (Lipinski definition) is 3. The molecule has 0 spiro atoms. The molecule has 0 aliphatic carbocycles. The van der Waals surface area contributed by atoms with Gasteiger partial charge in [0.2, 0.25) is 0 Å². The SMILES string of the molecule is COc1c(Cl)ccc(Cl)c1C(=O)NCc1cccnc1. The average molecular weight is 311 g/mol. The van der Waals surface area contributed by atoms with Crippen molar-refractivity contribution in [3.63, 3.8) is 0 Å². The van der Waals surface area contributed by atoms with Gasteiger partial charge in [0.1, 0.15) is 5.56 Å². The van der Waals surface area contributed by atoms with Crippen LogP contribution in [0.3, 0.4) is 0 Å². The number of carbonyl (C=O) groups is 1. The first-order valence-electron chi connectivity index (χ1n) is 5.82. The van der Waals surface area contributed by atoms with Crippen LogP contribution >= 0.6 is 23.2 Å². The van der Waals surface area contributed by atoms with E-state index in [-0.39, 0.29) is 22.2 Å². The highest BCUT2D eigenvalue weighted by molar-refractivity contribution is 6.37. The van der Waals surface area contributed by atoms with E-state index in [0.29, 0.717) is 11.6 Å². The van der Waals surface area contributed by atoms with Gasteiger partial charge < -0.3 is 10.1 Å². The second kappa shape index (κ2) is 6.59. The number of amides is 1. The Hall–Kier alpha value is -1.78. The van der Waals surface area contributed by atoms with Crippen LogP contribution in [0, 0.1) is 0 Å². The Labute approximate surface area is 126 Å². The molecule has 1 heterocycles. The third kappa shape index (κ3) is 3.21. The van der Waals surface area contributed by atoms with Crippen molar-refractivity contribution < 1.29 is 9.53 Å². The summed E-state index contributed by atoms with van der Waals surface area (Å²) in [4.78, 5) is 16.2. The van der Waals surface area contributed by atoms with Crippen molar-refractivity contribution in [2.45, 2.75) is 6.54 Å². The molecule has 1 aromatic heterocycles. The lowest BCUT2D eigenvalue weighted by Gasteiger charge is -2.12. The molecule has 4 nitrogen and oxygen atoms in total. The summed E-state index contributed by atoms with van der Waals surface area (Å²) < 4.78 is 5.14. The van der Waals surface area contributed by atoms with E-state index in [1.54, 1.807) is 30.6 Å². The van der Waals surface area contributed by atoms with E-state index in [1.807, 2.05) is 6.07 Å². The standard InChI is InChI=1S/C14H12Cl2N2O2/c1-20-13-11(16)5-4-10(15)12(13)14(19)18-8-9-3-2-6-17-7-9/h2-7H,8H2,1H3,(H,18,19). The maximum atomic E-state index is 12.2. The van der Waals surface area contributed by atoms with Gasteiger partial charge in [-0.15, -0.1) is 0 Å². The third-order valence-electron chi connectivity index (χ3n) is 2.67. The number of halogens is 2. The summed E-state index contributed by atoms with van der Waals surface area (Å²) in [5, 5.41) is 3.38. The van der Waals surface area contributed by atoms with Crippen LogP contribution in [0.15, 0.2) is 36.7 Å². The average Bonchev–Trinajstić information content (AvgIpc) is 2.48.